The number of rotatable bonds is 6. The molecule has 0 saturated carbocycles. The number of fused-ring (bicyclic) bond motifs is 1. The first kappa shape index (κ1) is 18.5. The van der Waals surface area contributed by atoms with Crippen molar-refractivity contribution in [3.63, 3.8) is 0 Å². The molecule has 8 heteroatoms. The molecule has 1 amide bonds. The van der Waals surface area contributed by atoms with Crippen molar-refractivity contribution in [3.05, 3.63) is 71.3 Å². The molecule has 0 bridgehead atoms. The maximum atomic E-state index is 12.5. The SMILES string of the molecule is Cc1ccc2nc(CNC(=O)c3ccc(NCc4ccn(C)n4)cc3O)[nH]c2c1. The molecule has 29 heavy (non-hydrogen) atoms. The number of aromatic nitrogens is 4. The Morgan fingerprint density at radius 2 is 2.03 bits per heavy atom. The second-order valence-corrected chi connectivity index (χ2v) is 6.95. The fraction of sp³-hybridized carbons (Fsp3) is 0.190. The zero-order chi connectivity index (χ0) is 20.4. The fourth-order valence-electron chi connectivity index (χ4n) is 3.10. The predicted molar refractivity (Wildman–Crippen MR) is 111 cm³/mol. The average Bonchev–Trinajstić information content (AvgIpc) is 3.29. The van der Waals surface area contributed by atoms with Gasteiger partial charge in [0.2, 0.25) is 0 Å². The quantitative estimate of drug-likeness (QED) is 0.405. The summed E-state index contributed by atoms with van der Waals surface area (Å²) in [6.45, 7) is 2.78. The molecule has 0 aliphatic carbocycles. The number of hydrogen-bond acceptors (Lipinski definition) is 5. The summed E-state index contributed by atoms with van der Waals surface area (Å²) in [6.07, 6.45) is 1.87. The van der Waals surface area contributed by atoms with Crippen LogP contribution in [0.1, 0.15) is 27.4 Å². The Kier molecular flexibility index (Phi) is 4.90. The molecule has 8 nitrogen and oxygen atoms in total. The molecule has 2 aromatic heterocycles. The van der Waals surface area contributed by atoms with E-state index in [1.165, 1.54) is 6.07 Å². The van der Waals surface area contributed by atoms with Crippen LogP contribution in [0.25, 0.3) is 11.0 Å². The Labute approximate surface area is 167 Å². The number of nitrogens with zero attached hydrogens (tertiary/aromatic N) is 3. The summed E-state index contributed by atoms with van der Waals surface area (Å²) < 4.78 is 1.73. The minimum atomic E-state index is -0.365. The van der Waals surface area contributed by atoms with E-state index in [9.17, 15) is 9.90 Å². The van der Waals surface area contributed by atoms with E-state index in [0.717, 1.165) is 22.3 Å². The molecule has 0 atom stereocenters. The van der Waals surface area contributed by atoms with Crippen molar-refractivity contribution in [1.82, 2.24) is 25.1 Å². The molecule has 148 valence electrons. The number of phenolic OH excluding ortho intramolecular Hbond substituents is 1. The number of hydrogen-bond donors (Lipinski definition) is 4. The number of phenols is 1. The van der Waals surface area contributed by atoms with Gasteiger partial charge in [0.05, 0.1) is 35.4 Å². The van der Waals surface area contributed by atoms with E-state index in [4.69, 9.17) is 0 Å². The normalized spacial score (nSPS) is 11.0. The van der Waals surface area contributed by atoms with Gasteiger partial charge in [0, 0.05) is 25.0 Å². The number of anilines is 1. The second kappa shape index (κ2) is 7.67. The predicted octanol–water partition coefficient (Wildman–Crippen LogP) is 2.85. The molecule has 0 aliphatic heterocycles. The lowest BCUT2D eigenvalue weighted by molar-refractivity contribution is 0.0947. The third-order valence-corrected chi connectivity index (χ3v) is 4.59. The highest BCUT2D eigenvalue weighted by atomic mass is 16.3. The molecule has 0 radical (unpaired) electrons. The van der Waals surface area contributed by atoms with Gasteiger partial charge in [0.25, 0.3) is 5.91 Å². The Balaban J connectivity index is 1.38. The Hall–Kier alpha value is -3.81. The van der Waals surface area contributed by atoms with Crippen molar-refractivity contribution >= 4 is 22.6 Å². The van der Waals surface area contributed by atoms with Gasteiger partial charge in [0.15, 0.2) is 0 Å². The molecular formula is C21H22N6O2. The van der Waals surface area contributed by atoms with Crippen LogP contribution in [0.2, 0.25) is 0 Å². The van der Waals surface area contributed by atoms with Crippen molar-refractivity contribution in [2.75, 3.05) is 5.32 Å². The lowest BCUT2D eigenvalue weighted by Crippen LogP contribution is -2.23. The number of amides is 1. The molecule has 0 unspecified atom stereocenters. The topological polar surface area (TPSA) is 108 Å². The van der Waals surface area contributed by atoms with Crippen LogP contribution in [0.4, 0.5) is 5.69 Å². The highest BCUT2D eigenvalue weighted by Gasteiger charge is 2.13. The average molecular weight is 390 g/mol. The van der Waals surface area contributed by atoms with Gasteiger partial charge in [-0.3, -0.25) is 9.48 Å². The summed E-state index contributed by atoms with van der Waals surface area (Å²) in [5.41, 5.74) is 4.72. The smallest absolute Gasteiger partial charge is 0.255 e. The third kappa shape index (κ3) is 4.21. The minimum Gasteiger partial charge on any atom is -0.507 e. The molecule has 0 aliphatic rings. The number of carbonyl (C=O) groups is 1. The van der Waals surface area contributed by atoms with Crippen LogP contribution >= 0.6 is 0 Å². The summed E-state index contributed by atoms with van der Waals surface area (Å²) in [4.78, 5) is 20.1. The lowest BCUT2D eigenvalue weighted by atomic mass is 10.1. The molecular weight excluding hydrogens is 368 g/mol. The number of H-pyrrole nitrogens is 1. The Morgan fingerprint density at radius 3 is 2.79 bits per heavy atom. The maximum Gasteiger partial charge on any atom is 0.255 e. The van der Waals surface area contributed by atoms with Crippen LogP contribution in [0.15, 0.2) is 48.7 Å². The van der Waals surface area contributed by atoms with Gasteiger partial charge in [-0.15, -0.1) is 0 Å². The van der Waals surface area contributed by atoms with Crippen molar-refractivity contribution < 1.29 is 9.90 Å². The van der Waals surface area contributed by atoms with Crippen molar-refractivity contribution in [2.45, 2.75) is 20.0 Å². The number of nitrogens with one attached hydrogen (secondary N) is 3. The summed E-state index contributed by atoms with van der Waals surface area (Å²) in [5.74, 6) is 0.205. The number of imidazole rings is 1. The van der Waals surface area contributed by atoms with Gasteiger partial charge in [-0.1, -0.05) is 6.07 Å². The summed E-state index contributed by atoms with van der Waals surface area (Å²) in [6, 6.07) is 12.7. The van der Waals surface area contributed by atoms with E-state index >= 15 is 0 Å². The van der Waals surface area contributed by atoms with Gasteiger partial charge in [-0.25, -0.2) is 4.98 Å². The standard InChI is InChI=1S/C21H22N6O2/c1-13-3-6-17-18(9-13)25-20(24-17)12-23-21(29)16-5-4-14(10-19(16)28)22-11-15-7-8-27(2)26-15/h3-10,22,28H,11-12H2,1-2H3,(H,23,29)(H,24,25). The van der Waals surface area contributed by atoms with Crippen LogP contribution in [-0.2, 0) is 20.1 Å². The molecule has 2 aromatic carbocycles. The molecule has 0 fully saturated rings. The summed E-state index contributed by atoms with van der Waals surface area (Å²) in [5, 5.41) is 20.5. The zero-order valence-electron chi connectivity index (χ0n) is 16.2. The number of carbonyl (C=O) groups excluding carboxylic acids is 1. The van der Waals surface area contributed by atoms with Gasteiger partial charge in [0.1, 0.15) is 11.6 Å². The van der Waals surface area contributed by atoms with Crippen molar-refractivity contribution in [2.24, 2.45) is 7.05 Å². The summed E-state index contributed by atoms with van der Waals surface area (Å²) in [7, 11) is 1.86. The largest absolute Gasteiger partial charge is 0.507 e. The Bertz CT molecular complexity index is 1180. The minimum absolute atomic E-state index is 0.0891. The van der Waals surface area contributed by atoms with Gasteiger partial charge < -0.3 is 20.7 Å². The highest BCUT2D eigenvalue weighted by Crippen LogP contribution is 2.22. The third-order valence-electron chi connectivity index (χ3n) is 4.59. The van der Waals surface area contributed by atoms with E-state index in [0.29, 0.717) is 18.1 Å². The van der Waals surface area contributed by atoms with E-state index in [2.05, 4.69) is 25.7 Å². The molecule has 4 rings (SSSR count). The number of aryl methyl sites for hydroxylation is 2. The fourth-order valence-corrected chi connectivity index (χ4v) is 3.10. The van der Waals surface area contributed by atoms with Crippen molar-refractivity contribution in [3.8, 4) is 5.75 Å². The maximum absolute atomic E-state index is 12.5. The number of benzene rings is 2. The van der Waals surface area contributed by atoms with Crippen LogP contribution < -0.4 is 10.6 Å². The van der Waals surface area contributed by atoms with Gasteiger partial charge >= 0.3 is 0 Å². The second-order valence-electron chi connectivity index (χ2n) is 6.95. The first-order valence-corrected chi connectivity index (χ1v) is 9.27. The zero-order valence-corrected chi connectivity index (χ0v) is 16.2. The molecule has 4 N–H and O–H groups in total. The van der Waals surface area contributed by atoms with Crippen LogP contribution in [0.5, 0.6) is 5.75 Å². The first-order chi connectivity index (χ1) is 14.0. The monoisotopic (exact) mass is 390 g/mol. The van der Waals surface area contributed by atoms with E-state index in [1.807, 2.05) is 44.4 Å². The first-order valence-electron chi connectivity index (χ1n) is 9.27. The number of aromatic hydroxyl groups is 1. The van der Waals surface area contributed by atoms with Crippen LogP contribution in [-0.4, -0.2) is 30.8 Å². The van der Waals surface area contributed by atoms with Gasteiger partial charge in [-0.2, -0.15) is 5.10 Å². The molecule has 0 saturated heterocycles. The number of aromatic amines is 1. The molecule has 2 heterocycles. The van der Waals surface area contributed by atoms with Crippen LogP contribution in [0, 0.1) is 6.92 Å². The molecule has 0 spiro atoms. The van der Waals surface area contributed by atoms with E-state index in [-0.39, 0.29) is 23.8 Å². The lowest BCUT2D eigenvalue weighted by Gasteiger charge is -2.09. The molecule has 4 aromatic rings. The highest BCUT2D eigenvalue weighted by molar-refractivity contribution is 5.97. The van der Waals surface area contributed by atoms with E-state index < -0.39 is 0 Å². The van der Waals surface area contributed by atoms with Gasteiger partial charge in [-0.05, 0) is 42.8 Å². The van der Waals surface area contributed by atoms with Crippen LogP contribution in [0.3, 0.4) is 0 Å². The summed E-state index contributed by atoms with van der Waals surface area (Å²) >= 11 is 0. The Morgan fingerprint density at radius 1 is 1.17 bits per heavy atom. The van der Waals surface area contributed by atoms with E-state index in [1.54, 1.807) is 16.8 Å². The van der Waals surface area contributed by atoms with Crippen molar-refractivity contribution in [1.29, 1.82) is 0 Å².